The van der Waals surface area contributed by atoms with Crippen LogP contribution < -0.4 is 10.2 Å². The van der Waals surface area contributed by atoms with E-state index in [4.69, 9.17) is 11.6 Å². The number of hydrogen-bond donors (Lipinski definition) is 1. The molecule has 1 aromatic carbocycles. The topological polar surface area (TPSA) is 49.4 Å². The van der Waals surface area contributed by atoms with Crippen molar-refractivity contribution in [3.63, 3.8) is 0 Å². The summed E-state index contributed by atoms with van der Waals surface area (Å²) in [6, 6.07) is 6.48. The number of nitrogens with one attached hydrogen (secondary N) is 1. The number of amides is 2. The van der Waals surface area contributed by atoms with Crippen LogP contribution in [0.15, 0.2) is 24.3 Å². The van der Waals surface area contributed by atoms with Gasteiger partial charge in [-0.1, -0.05) is 25.4 Å². The van der Waals surface area contributed by atoms with Crippen LogP contribution in [0, 0.1) is 5.92 Å². The predicted molar refractivity (Wildman–Crippen MR) is 70.6 cm³/mol. The Morgan fingerprint density at radius 1 is 1.28 bits per heavy atom. The molecule has 4 nitrogen and oxygen atoms in total. The van der Waals surface area contributed by atoms with Crippen molar-refractivity contribution in [2.45, 2.75) is 19.9 Å². The Kier molecular flexibility index (Phi) is 3.57. The van der Waals surface area contributed by atoms with E-state index < -0.39 is 6.04 Å². The van der Waals surface area contributed by atoms with Crippen molar-refractivity contribution in [1.82, 2.24) is 5.32 Å². The Balaban J connectivity index is 2.39. The molecule has 2 rings (SSSR count). The molecule has 96 valence electrons. The van der Waals surface area contributed by atoms with Crippen molar-refractivity contribution in [3.8, 4) is 0 Å². The summed E-state index contributed by atoms with van der Waals surface area (Å²) in [7, 11) is 0. The van der Waals surface area contributed by atoms with Crippen molar-refractivity contribution in [1.29, 1.82) is 0 Å². The van der Waals surface area contributed by atoms with Gasteiger partial charge in [-0.3, -0.25) is 14.5 Å². The zero-order valence-electron chi connectivity index (χ0n) is 10.3. The number of anilines is 1. The number of piperazine rings is 1. The summed E-state index contributed by atoms with van der Waals surface area (Å²) in [5.74, 6) is -0.167. The number of nitrogens with zero attached hydrogens (tertiary/aromatic N) is 1. The Morgan fingerprint density at radius 3 is 2.44 bits per heavy atom. The highest BCUT2D eigenvalue weighted by Gasteiger charge is 2.37. The molecule has 2 amide bonds. The molecule has 0 bridgehead atoms. The van der Waals surface area contributed by atoms with Crippen LogP contribution in [0.3, 0.4) is 0 Å². The lowest BCUT2D eigenvalue weighted by molar-refractivity contribution is -0.131. The third kappa shape index (κ3) is 2.34. The van der Waals surface area contributed by atoms with E-state index >= 15 is 0 Å². The highest BCUT2D eigenvalue weighted by molar-refractivity contribution is 6.30. The van der Waals surface area contributed by atoms with Gasteiger partial charge in [0, 0.05) is 10.7 Å². The minimum absolute atomic E-state index is 0.0462. The van der Waals surface area contributed by atoms with E-state index in [1.807, 2.05) is 13.8 Å². The molecule has 0 aliphatic carbocycles. The van der Waals surface area contributed by atoms with Crippen LogP contribution in [0.1, 0.15) is 13.8 Å². The molecule has 1 aliphatic rings. The monoisotopic (exact) mass is 266 g/mol. The second-order valence-corrected chi connectivity index (χ2v) is 5.08. The van der Waals surface area contributed by atoms with E-state index in [-0.39, 0.29) is 24.3 Å². The molecule has 18 heavy (non-hydrogen) atoms. The van der Waals surface area contributed by atoms with E-state index in [0.717, 1.165) is 0 Å². The Hall–Kier alpha value is -1.55. The first-order valence-corrected chi connectivity index (χ1v) is 6.24. The average molecular weight is 267 g/mol. The summed E-state index contributed by atoms with van der Waals surface area (Å²) in [6.45, 7) is 3.89. The molecule has 0 radical (unpaired) electrons. The molecular weight excluding hydrogens is 252 g/mol. The van der Waals surface area contributed by atoms with Crippen molar-refractivity contribution < 1.29 is 9.59 Å². The van der Waals surface area contributed by atoms with Gasteiger partial charge in [0.25, 0.3) is 0 Å². The van der Waals surface area contributed by atoms with E-state index in [0.29, 0.717) is 10.7 Å². The lowest BCUT2D eigenvalue weighted by Crippen LogP contribution is -2.60. The molecular formula is C13H15ClN2O2. The van der Waals surface area contributed by atoms with Gasteiger partial charge in [-0.2, -0.15) is 0 Å². The summed E-state index contributed by atoms with van der Waals surface area (Å²) >= 11 is 5.83. The molecule has 1 aliphatic heterocycles. The first kappa shape index (κ1) is 12.9. The minimum Gasteiger partial charge on any atom is -0.345 e. The van der Waals surface area contributed by atoms with Gasteiger partial charge in [-0.25, -0.2) is 0 Å². The molecule has 0 spiro atoms. The van der Waals surface area contributed by atoms with E-state index in [1.54, 1.807) is 29.2 Å². The summed E-state index contributed by atoms with van der Waals surface area (Å²) in [4.78, 5) is 25.5. The smallest absolute Gasteiger partial charge is 0.247 e. The quantitative estimate of drug-likeness (QED) is 0.888. The standard InChI is InChI=1S/C13H15ClN2O2/c1-8(2)12-13(18)15-7-11(17)16(12)10-5-3-9(14)4-6-10/h3-6,8,12H,7H2,1-2H3,(H,15,18). The lowest BCUT2D eigenvalue weighted by atomic mass is 9.98. The number of hydrogen-bond acceptors (Lipinski definition) is 2. The van der Waals surface area contributed by atoms with Crippen LogP contribution in [0.4, 0.5) is 5.69 Å². The number of carbonyl (C=O) groups excluding carboxylic acids is 2. The fraction of sp³-hybridized carbons (Fsp3) is 0.385. The second kappa shape index (κ2) is 4.98. The first-order chi connectivity index (χ1) is 8.50. The summed E-state index contributed by atoms with van der Waals surface area (Å²) in [5, 5.41) is 3.22. The van der Waals surface area contributed by atoms with Crippen molar-refractivity contribution >= 4 is 29.1 Å². The largest absolute Gasteiger partial charge is 0.345 e. The van der Waals surface area contributed by atoms with E-state index in [1.165, 1.54) is 0 Å². The maximum atomic E-state index is 12.0. The third-order valence-corrected chi connectivity index (χ3v) is 3.22. The first-order valence-electron chi connectivity index (χ1n) is 5.86. The zero-order valence-corrected chi connectivity index (χ0v) is 11.1. The molecule has 0 aromatic heterocycles. The molecule has 1 unspecified atom stereocenters. The molecule has 1 saturated heterocycles. The molecule has 1 heterocycles. The molecule has 1 atom stereocenters. The Morgan fingerprint density at radius 2 is 1.89 bits per heavy atom. The number of rotatable bonds is 2. The molecule has 1 N–H and O–H groups in total. The van der Waals surface area contributed by atoms with Crippen LogP contribution in [-0.4, -0.2) is 24.4 Å². The minimum atomic E-state index is -0.465. The van der Waals surface area contributed by atoms with Crippen LogP contribution >= 0.6 is 11.6 Å². The maximum Gasteiger partial charge on any atom is 0.247 e. The summed E-state index contributed by atoms with van der Waals surface area (Å²) in [5.41, 5.74) is 0.706. The van der Waals surface area contributed by atoms with Crippen molar-refractivity contribution in [2.75, 3.05) is 11.4 Å². The Bertz CT molecular complexity index is 470. The van der Waals surface area contributed by atoms with Gasteiger partial charge in [0.05, 0.1) is 6.54 Å². The van der Waals surface area contributed by atoms with Crippen molar-refractivity contribution in [3.05, 3.63) is 29.3 Å². The molecule has 5 heteroatoms. The SMILES string of the molecule is CC(C)C1C(=O)NCC(=O)N1c1ccc(Cl)cc1. The predicted octanol–water partition coefficient (Wildman–Crippen LogP) is 1.83. The van der Waals surface area contributed by atoms with Gasteiger partial charge in [0.2, 0.25) is 11.8 Å². The number of halogens is 1. The van der Waals surface area contributed by atoms with Gasteiger partial charge in [0.1, 0.15) is 6.04 Å². The van der Waals surface area contributed by atoms with Crippen LogP contribution in [-0.2, 0) is 9.59 Å². The van der Waals surface area contributed by atoms with Gasteiger partial charge >= 0.3 is 0 Å². The van der Waals surface area contributed by atoms with E-state index in [2.05, 4.69) is 5.32 Å². The highest BCUT2D eigenvalue weighted by Crippen LogP contribution is 2.25. The Labute approximate surface area is 111 Å². The highest BCUT2D eigenvalue weighted by atomic mass is 35.5. The van der Waals surface area contributed by atoms with Gasteiger partial charge < -0.3 is 5.32 Å². The number of benzene rings is 1. The van der Waals surface area contributed by atoms with E-state index in [9.17, 15) is 9.59 Å². The van der Waals surface area contributed by atoms with Gasteiger partial charge in [0.15, 0.2) is 0 Å². The lowest BCUT2D eigenvalue weighted by Gasteiger charge is -2.37. The summed E-state index contributed by atoms with van der Waals surface area (Å²) in [6.07, 6.45) is 0. The van der Waals surface area contributed by atoms with Gasteiger partial charge in [-0.15, -0.1) is 0 Å². The fourth-order valence-electron chi connectivity index (χ4n) is 2.13. The average Bonchev–Trinajstić information content (AvgIpc) is 2.32. The third-order valence-electron chi connectivity index (χ3n) is 2.97. The summed E-state index contributed by atoms with van der Waals surface area (Å²) < 4.78 is 0. The fourth-order valence-corrected chi connectivity index (χ4v) is 2.26. The second-order valence-electron chi connectivity index (χ2n) is 4.65. The number of carbonyl (C=O) groups is 2. The van der Waals surface area contributed by atoms with Crippen molar-refractivity contribution in [2.24, 2.45) is 5.92 Å². The van der Waals surface area contributed by atoms with Gasteiger partial charge in [-0.05, 0) is 30.2 Å². The zero-order chi connectivity index (χ0) is 13.3. The molecule has 1 fully saturated rings. The maximum absolute atomic E-state index is 12.0. The molecule has 0 saturated carbocycles. The van der Waals surface area contributed by atoms with Crippen LogP contribution in [0.2, 0.25) is 5.02 Å². The normalized spacial score (nSPS) is 20.2. The molecule has 1 aromatic rings. The van der Waals surface area contributed by atoms with Crippen LogP contribution in [0.25, 0.3) is 0 Å². The van der Waals surface area contributed by atoms with Crippen LogP contribution in [0.5, 0.6) is 0 Å².